The van der Waals surface area contributed by atoms with Crippen molar-refractivity contribution in [2.75, 3.05) is 11.1 Å². The molecule has 1 aromatic heterocycles. The molecule has 6 nitrogen and oxygen atoms in total. The van der Waals surface area contributed by atoms with E-state index in [0.717, 1.165) is 0 Å². The van der Waals surface area contributed by atoms with Gasteiger partial charge in [0.25, 0.3) is 11.5 Å². The number of aromatic hydroxyl groups is 1. The number of nitrogen functional groups attached to an aromatic ring is 1. The Kier molecular flexibility index (Phi) is 3.50. The van der Waals surface area contributed by atoms with Crippen molar-refractivity contribution in [3.05, 3.63) is 64.4 Å². The number of phenols is 1. The number of phenolic OH excluding ortho intramolecular Hbond substituents is 1. The van der Waals surface area contributed by atoms with E-state index in [1.165, 1.54) is 22.8 Å². The van der Waals surface area contributed by atoms with Crippen molar-refractivity contribution in [2.45, 2.75) is 0 Å². The van der Waals surface area contributed by atoms with Gasteiger partial charge in [-0.25, -0.2) is 0 Å². The summed E-state index contributed by atoms with van der Waals surface area (Å²) in [6.07, 6.45) is 0. The second-order valence-electron chi connectivity index (χ2n) is 5.20. The van der Waals surface area contributed by atoms with Gasteiger partial charge < -0.3 is 20.7 Å². The summed E-state index contributed by atoms with van der Waals surface area (Å²) in [5.74, 6) is -0.432. The second kappa shape index (κ2) is 5.49. The minimum atomic E-state index is -0.526. The van der Waals surface area contributed by atoms with Crippen LogP contribution >= 0.6 is 0 Å². The SMILES string of the molecule is Cn1c(=O)c(C(=O)Nc2ccc(O)cc2)cc2c(N)cccc21. The van der Waals surface area contributed by atoms with E-state index in [1.54, 1.807) is 37.4 Å². The third-order valence-electron chi connectivity index (χ3n) is 3.67. The Labute approximate surface area is 131 Å². The zero-order chi connectivity index (χ0) is 16.6. The van der Waals surface area contributed by atoms with E-state index in [0.29, 0.717) is 22.3 Å². The normalized spacial score (nSPS) is 10.7. The molecule has 0 aliphatic carbocycles. The Bertz CT molecular complexity index is 959. The summed E-state index contributed by atoms with van der Waals surface area (Å²) in [5.41, 5.74) is 7.18. The van der Waals surface area contributed by atoms with Gasteiger partial charge in [0, 0.05) is 23.8 Å². The first-order chi connectivity index (χ1) is 11.0. The summed E-state index contributed by atoms with van der Waals surface area (Å²) in [5, 5.41) is 12.5. The lowest BCUT2D eigenvalue weighted by Gasteiger charge is -2.11. The van der Waals surface area contributed by atoms with Crippen LogP contribution in [0.3, 0.4) is 0 Å². The van der Waals surface area contributed by atoms with Crippen LogP contribution in [0.4, 0.5) is 11.4 Å². The van der Waals surface area contributed by atoms with Crippen LogP contribution in [-0.4, -0.2) is 15.6 Å². The number of hydrogen-bond acceptors (Lipinski definition) is 4. The molecule has 23 heavy (non-hydrogen) atoms. The van der Waals surface area contributed by atoms with Gasteiger partial charge in [-0.15, -0.1) is 0 Å². The van der Waals surface area contributed by atoms with Gasteiger partial charge in [-0.3, -0.25) is 9.59 Å². The van der Waals surface area contributed by atoms with E-state index < -0.39 is 11.5 Å². The quantitative estimate of drug-likeness (QED) is 0.498. The monoisotopic (exact) mass is 309 g/mol. The zero-order valence-corrected chi connectivity index (χ0v) is 12.4. The number of benzene rings is 2. The minimum absolute atomic E-state index is 0.00553. The lowest BCUT2D eigenvalue weighted by molar-refractivity contribution is 0.102. The Morgan fingerprint density at radius 2 is 1.87 bits per heavy atom. The van der Waals surface area contributed by atoms with Crippen LogP contribution in [0.15, 0.2) is 53.3 Å². The fourth-order valence-electron chi connectivity index (χ4n) is 2.42. The molecule has 2 aromatic carbocycles. The first-order valence-electron chi connectivity index (χ1n) is 6.96. The van der Waals surface area contributed by atoms with Crippen molar-refractivity contribution in [3.8, 4) is 5.75 Å². The molecule has 0 atom stereocenters. The molecule has 0 aliphatic heterocycles. The number of nitrogens with one attached hydrogen (secondary N) is 1. The third kappa shape index (κ3) is 2.62. The van der Waals surface area contributed by atoms with E-state index in [1.807, 2.05) is 0 Å². The van der Waals surface area contributed by atoms with Crippen molar-refractivity contribution in [3.63, 3.8) is 0 Å². The predicted molar refractivity (Wildman–Crippen MR) is 89.7 cm³/mol. The van der Waals surface area contributed by atoms with Crippen LogP contribution in [0, 0.1) is 0 Å². The molecule has 6 heteroatoms. The first-order valence-corrected chi connectivity index (χ1v) is 6.96. The lowest BCUT2D eigenvalue weighted by atomic mass is 10.1. The Balaban J connectivity index is 2.07. The smallest absolute Gasteiger partial charge is 0.263 e. The number of nitrogens with zero attached hydrogens (tertiary/aromatic N) is 1. The molecule has 0 unspecified atom stereocenters. The highest BCUT2D eigenvalue weighted by Crippen LogP contribution is 2.20. The van der Waals surface area contributed by atoms with Crippen molar-refractivity contribution in [1.29, 1.82) is 0 Å². The summed E-state index contributed by atoms with van der Waals surface area (Å²) in [4.78, 5) is 24.8. The summed E-state index contributed by atoms with van der Waals surface area (Å²) in [6, 6.07) is 12.7. The molecule has 0 radical (unpaired) electrons. The van der Waals surface area contributed by atoms with Crippen molar-refractivity contribution in [1.82, 2.24) is 4.57 Å². The minimum Gasteiger partial charge on any atom is -0.508 e. The topological polar surface area (TPSA) is 97.3 Å². The molecular weight excluding hydrogens is 294 g/mol. The van der Waals surface area contributed by atoms with E-state index in [4.69, 9.17) is 5.73 Å². The molecule has 4 N–H and O–H groups in total. The molecule has 0 saturated carbocycles. The third-order valence-corrected chi connectivity index (χ3v) is 3.67. The highest BCUT2D eigenvalue weighted by atomic mass is 16.3. The maximum Gasteiger partial charge on any atom is 0.263 e. The first kappa shape index (κ1) is 14.6. The largest absolute Gasteiger partial charge is 0.508 e. The molecule has 0 fully saturated rings. The molecular formula is C17H15N3O3. The number of rotatable bonds is 2. The van der Waals surface area contributed by atoms with Gasteiger partial charge in [0.15, 0.2) is 0 Å². The number of hydrogen-bond donors (Lipinski definition) is 3. The Morgan fingerprint density at radius 3 is 2.57 bits per heavy atom. The number of carbonyl (C=O) groups is 1. The number of aryl methyl sites for hydroxylation is 1. The van der Waals surface area contributed by atoms with Crippen molar-refractivity contribution >= 4 is 28.2 Å². The number of pyridine rings is 1. The highest BCUT2D eigenvalue weighted by Gasteiger charge is 2.15. The zero-order valence-electron chi connectivity index (χ0n) is 12.4. The Hall–Kier alpha value is -3.28. The summed E-state index contributed by atoms with van der Waals surface area (Å²) in [6.45, 7) is 0. The van der Waals surface area contributed by atoms with Crippen LogP contribution in [0.25, 0.3) is 10.9 Å². The molecule has 3 rings (SSSR count). The number of amides is 1. The summed E-state index contributed by atoms with van der Waals surface area (Å²) >= 11 is 0. The Morgan fingerprint density at radius 1 is 1.17 bits per heavy atom. The van der Waals surface area contributed by atoms with E-state index in [-0.39, 0.29) is 11.3 Å². The molecule has 3 aromatic rings. The number of nitrogens with two attached hydrogens (primary N) is 1. The lowest BCUT2D eigenvalue weighted by Crippen LogP contribution is -2.28. The van der Waals surface area contributed by atoms with Gasteiger partial charge in [0.05, 0.1) is 5.52 Å². The molecule has 1 heterocycles. The fourth-order valence-corrected chi connectivity index (χ4v) is 2.42. The highest BCUT2D eigenvalue weighted by molar-refractivity contribution is 6.06. The van der Waals surface area contributed by atoms with Crippen molar-refractivity contribution < 1.29 is 9.90 Å². The maximum atomic E-state index is 12.4. The molecule has 0 saturated heterocycles. The van der Waals surface area contributed by atoms with Gasteiger partial charge in [-0.1, -0.05) is 6.07 Å². The molecule has 0 spiro atoms. The van der Waals surface area contributed by atoms with Crippen LogP contribution in [0.1, 0.15) is 10.4 Å². The average molecular weight is 309 g/mol. The van der Waals surface area contributed by atoms with Crippen LogP contribution in [-0.2, 0) is 7.05 Å². The number of aromatic nitrogens is 1. The number of carbonyl (C=O) groups excluding carboxylic acids is 1. The summed E-state index contributed by atoms with van der Waals surface area (Å²) < 4.78 is 1.40. The molecule has 0 bridgehead atoms. The van der Waals surface area contributed by atoms with Crippen molar-refractivity contribution in [2.24, 2.45) is 7.05 Å². The van der Waals surface area contributed by atoms with Gasteiger partial charge in [0.1, 0.15) is 11.3 Å². The maximum absolute atomic E-state index is 12.4. The standard InChI is InChI=1S/C17H15N3O3/c1-20-15-4-2-3-14(18)12(15)9-13(17(20)23)16(22)19-10-5-7-11(21)8-6-10/h2-9,21H,18H2,1H3,(H,19,22). The van der Waals surface area contributed by atoms with Gasteiger partial charge in [0.2, 0.25) is 0 Å². The van der Waals surface area contributed by atoms with E-state index >= 15 is 0 Å². The van der Waals surface area contributed by atoms with Gasteiger partial charge >= 0.3 is 0 Å². The average Bonchev–Trinajstić information content (AvgIpc) is 2.53. The summed E-state index contributed by atoms with van der Waals surface area (Å²) in [7, 11) is 1.60. The van der Waals surface area contributed by atoms with Crippen LogP contribution < -0.4 is 16.6 Å². The van der Waals surface area contributed by atoms with E-state index in [2.05, 4.69) is 5.32 Å². The number of anilines is 2. The van der Waals surface area contributed by atoms with Gasteiger partial charge in [-0.05, 0) is 42.5 Å². The van der Waals surface area contributed by atoms with E-state index in [9.17, 15) is 14.7 Å². The number of fused-ring (bicyclic) bond motifs is 1. The van der Waals surface area contributed by atoms with Gasteiger partial charge in [-0.2, -0.15) is 0 Å². The second-order valence-corrected chi connectivity index (χ2v) is 5.20. The molecule has 0 aliphatic rings. The predicted octanol–water partition coefficient (Wildman–Crippen LogP) is 2.08. The fraction of sp³-hybridized carbons (Fsp3) is 0.0588. The molecule has 116 valence electrons. The molecule has 1 amide bonds. The van der Waals surface area contributed by atoms with Crippen LogP contribution in [0.2, 0.25) is 0 Å². The van der Waals surface area contributed by atoms with Crippen LogP contribution in [0.5, 0.6) is 5.75 Å².